The van der Waals surface area contributed by atoms with Crippen LogP contribution >= 0.6 is 0 Å². The number of amides is 4. The number of hydrogen-bond acceptors (Lipinski definition) is 5. The molecule has 1 aliphatic carbocycles. The predicted octanol–water partition coefficient (Wildman–Crippen LogP) is 3.24. The Morgan fingerprint density at radius 3 is 2.43 bits per heavy atom. The van der Waals surface area contributed by atoms with Gasteiger partial charge >= 0.3 is 6.03 Å². The number of imide groups is 1. The summed E-state index contributed by atoms with van der Waals surface area (Å²) in [4.78, 5) is 40.0. The average molecular weight is 478 g/mol. The van der Waals surface area contributed by atoms with Crippen LogP contribution in [0.1, 0.15) is 50.2 Å². The van der Waals surface area contributed by atoms with E-state index in [-0.39, 0.29) is 17.9 Å². The zero-order valence-corrected chi connectivity index (χ0v) is 20.0. The van der Waals surface area contributed by atoms with E-state index in [1.807, 2.05) is 49.4 Å². The molecule has 0 spiro atoms. The number of fused-ring (bicyclic) bond motifs is 1. The lowest BCUT2D eigenvalue weighted by molar-refractivity contribution is -0.135. The molecule has 3 aliphatic rings. The van der Waals surface area contributed by atoms with E-state index >= 15 is 0 Å². The molecule has 2 aliphatic heterocycles. The number of rotatable bonds is 7. The topological polar surface area (TPSA) is 97.0 Å². The van der Waals surface area contributed by atoms with E-state index in [9.17, 15) is 14.4 Å². The molecule has 1 saturated carbocycles. The highest BCUT2D eigenvalue weighted by Crippen LogP contribution is 2.44. The van der Waals surface area contributed by atoms with Gasteiger partial charge in [-0.15, -0.1) is 0 Å². The van der Waals surface area contributed by atoms with E-state index in [4.69, 9.17) is 9.47 Å². The molecule has 8 nitrogen and oxygen atoms in total. The molecule has 5 rings (SSSR count). The molecule has 2 aromatic rings. The minimum Gasteiger partial charge on any atom is -0.486 e. The maximum atomic E-state index is 13.3. The second-order valence-corrected chi connectivity index (χ2v) is 9.57. The van der Waals surface area contributed by atoms with Crippen LogP contribution in [0, 0.1) is 0 Å². The van der Waals surface area contributed by atoms with Gasteiger partial charge in [0, 0.05) is 12.0 Å². The molecule has 2 heterocycles. The van der Waals surface area contributed by atoms with Crippen LogP contribution in [0.3, 0.4) is 0 Å². The summed E-state index contributed by atoms with van der Waals surface area (Å²) in [6.07, 6.45) is 4.44. The number of hydrogen-bond donors (Lipinski definition) is 2. The van der Waals surface area contributed by atoms with Crippen molar-refractivity contribution in [3.8, 4) is 11.5 Å². The van der Waals surface area contributed by atoms with Crippen LogP contribution in [0.2, 0.25) is 0 Å². The fourth-order valence-electron chi connectivity index (χ4n) is 5.59. The lowest BCUT2D eigenvalue weighted by Crippen LogP contribution is -2.46. The first-order chi connectivity index (χ1) is 17.0. The molecular weight excluding hydrogens is 446 g/mol. The van der Waals surface area contributed by atoms with E-state index in [2.05, 4.69) is 16.7 Å². The van der Waals surface area contributed by atoms with E-state index in [0.29, 0.717) is 31.7 Å². The van der Waals surface area contributed by atoms with Gasteiger partial charge in [-0.2, -0.15) is 0 Å². The van der Waals surface area contributed by atoms with Crippen molar-refractivity contribution in [2.45, 2.75) is 50.0 Å². The summed E-state index contributed by atoms with van der Waals surface area (Å²) in [6.45, 7) is 3.05. The lowest BCUT2D eigenvalue weighted by Gasteiger charge is -2.31. The number of nitrogens with zero attached hydrogens (tertiary/aromatic N) is 1. The summed E-state index contributed by atoms with van der Waals surface area (Å²) in [5.41, 5.74) is 0.479. The Hall–Kier alpha value is -3.55. The van der Waals surface area contributed by atoms with Crippen molar-refractivity contribution < 1.29 is 23.9 Å². The van der Waals surface area contributed by atoms with Crippen molar-refractivity contribution >= 4 is 17.8 Å². The molecule has 184 valence electrons. The number of urea groups is 1. The summed E-state index contributed by atoms with van der Waals surface area (Å²) >= 11 is 0. The van der Waals surface area contributed by atoms with Gasteiger partial charge in [0.25, 0.3) is 5.91 Å². The second kappa shape index (κ2) is 9.24. The van der Waals surface area contributed by atoms with Crippen LogP contribution < -0.4 is 20.1 Å². The molecule has 1 atom stereocenters. The summed E-state index contributed by atoms with van der Waals surface area (Å²) in [7, 11) is 0. The van der Waals surface area contributed by atoms with Gasteiger partial charge in [-0.05, 0) is 42.5 Å². The molecule has 0 radical (unpaired) electrons. The highest BCUT2D eigenvalue weighted by Gasteiger charge is 2.51. The Morgan fingerprint density at radius 2 is 1.71 bits per heavy atom. The SMILES string of the molecule is CCC1(c2ccccc2)NC(=O)N(CC(=O)NCC2(c3ccc4c(c3)OCCO4)CCCC2)C1=O. The first-order valence-corrected chi connectivity index (χ1v) is 12.3. The molecular formula is C27H31N3O5. The maximum absolute atomic E-state index is 13.3. The minimum atomic E-state index is -1.14. The van der Waals surface area contributed by atoms with E-state index in [1.54, 1.807) is 0 Å². The van der Waals surface area contributed by atoms with E-state index < -0.39 is 17.5 Å². The van der Waals surface area contributed by atoms with Gasteiger partial charge < -0.3 is 20.1 Å². The predicted molar refractivity (Wildman–Crippen MR) is 129 cm³/mol. The Bertz CT molecular complexity index is 1130. The Labute approximate surface area is 205 Å². The highest BCUT2D eigenvalue weighted by atomic mass is 16.6. The largest absolute Gasteiger partial charge is 0.486 e. The molecule has 1 saturated heterocycles. The van der Waals surface area contributed by atoms with Gasteiger partial charge in [0.05, 0.1) is 0 Å². The average Bonchev–Trinajstić information content (AvgIpc) is 3.47. The van der Waals surface area contributed by atoms with Gasteiger partial charge in [0.15, 0.2) is 11.5 Å². The standard InChI is InChI=1S/C27H31N3O5/c1-2-27(19-8-4-3-5-9-19)24(32)30(25(33)29-27)17-23(31)28-18-26(12-6-7-13-26)20-10-11-21-22(16-20)35-15-14-34-21/h3-5,8-11,16H,2,6-7,12-15,17-18H2,1H3,(H,28,31)(H,29,33). The Kier molecular flexibility index (Phi) is 6.13. The van der Waals surface area contributed by atoms with Crippen molar-refractivity contribution in [2.75, 3.05) is 26.3 Å². The third kappa shape index (κ3) is 4.11. The first-order valence-electron chi connectivity index (χ1n) is 12.3. The van der Waals surface area contributed by atoms with Gasteiger partial charge in [0.1, 0.15) is 25.3 Å². The molecule has 35 heavy (non-hydrogen) atoms. The first kappa shape index (κ1) is 23.2. The minimum absolute atomic E-state index is 0.208. The second-order valence-electron chi connectivity index (χ2n) is 9.57. The van der Waals surface area contributed by atoms with Crippen LogP contribution in [-0.4, -0.2) is 49.0 Å². The summed E-state index contributed by atoms with van der Waals surface area (Å²) in [5, 5.41) is 5.84. The number of carbonyl (C=O) groups excluding carboxylic acids is 3. The molecule has 0 bridgehead atoms. The van der Waals surface area contributed by atoms with Gasteiger partial charge in [-0.3, -0.25) is 14.5 Å². The van der Waals surface area contributed by atoms with Crippen molar-refractivity contribution in [2.24, 2.45) is 0 Å². The Morgan fingerprint density at radius 1 is 1.00 bits per heavy atom. The summed E-state index contributed by atoms with van der Waals surface area (Å²) in [6, 6.07) is 14.6. The summed E-state index contributed by atoms with van der Waals surface area (Å²) < 4.78 is 11.4. The fourth-order valence-corrected chi connectivity index (χ4v) is 5.59. The van der Waals surface area contributed by atoms with Crippen LogP contribution in [0.5, 0.6) is 11.5 Å². The number of carbonyl (C=O) groups is 3. The third-order valence-electron chi connectivity index (χ3n) is 7.61. The quantitative estimate of drug-likeness (QED) is 0.597. The number of benzene rings is 2. The molecule has 8 heteroatoms. The van der Waals surface area contributed by atoms with Gasteiger partial charge in [0.2, 0.25) is 5.91 Å². The summed E-state index contributed by atoms with van der Waals surface area (Å²) in [5.74, 6) is 0.738. The lowest BCUT2D eigenvalue weighted by atomic mass is 9.78. The smallest absolute Gasteiger partial charge is 0.325 e. The third-order valence-corrected chi connectivity index (χ3v) is 7.61. The van der Waals surface area contributed by atoms with Crippen LogP contribution in [-0.2, 0) is 20.5 Å². The van der Waals surface area contributed by atoms with Crippen molar-refractivity contribution in [1.29, 1.82) is 0 Å². The zero-order valence-electron chi connectivity index (χ0n) is 20.0. The monoisotopic (exact) mass is 477 g/mol. The van der Waals surface area contributed by atoms with Gasteiger partial charge in [-0.25, -0.2) is 4.79 Å². The molecule has 2 aromatic carbocycles. The molecule has 2 N–H and O–H groups in total. The molecule has 4 amide bonds. The number of ether oxygens (including phenoxy) is 2. The fraction of sp³-hybridized carbons (Fsp3) is 0.444. The van der Waals surface area contributed by atoms with Crippen LogP contribution in [0.4, 0.5) is 4.79 Å². The van der Waals surface area contributed by atoms with Crippen molar-refractivity contribution in [3.05, 3.63) is 59.7 Å². The molecule has 2 fully saturated rings. The van der Waals surface area contributed by atoms with Crippen molar-refractivity contribution in [1.82, 2.24) is 15.5 Å². The van der Waals surface area contributed by atoms with E-state index in [0.717, 1.165) is 47.6 Å². The van der Waals surface area contributed by atoms with Crippen molar-refractivity contribution in [3.63, 3.8) is 0 Å². The highest BCUT2D eigenvalue weighted by molar-refractivity contribution is 6.09. The normalized spacial score (nSPS) is 22.7. The zero-order chi connectivity index (χ0) is 24.5. The van der Waals surface area contributed by atoms with Crippen LogP contribution in [0.25, 0.3) is 0 Å². The maximum Gasteiger partial charge on any atom is 0.325 e. The molecule has 0 aromatic heterocycles. The van der Waals surface area contributed by atoms with E-state index in [1.165, 1.54) is 0 Å². The van der Waals surface area contributed by atoms with Gasteiger partial charge in [-0.1, -0.05) is 56.2 Å². The van der Waals surface area contributed by atoms with Crippen LogP contribution in [0.15, 0.2) is 48.5 Å². The Balaban J connectivity index is 1.28. The molecule has 1 unspecified atom stereocenters. The number of nitrogens with one attached hydrogen (secondary N) is 2.